The quantitative estimate of drug-likeness (QED) is 0.409. The van der Waals surface area contributed by atoms with Gasteiger partial charge in [0.2, 0.25) is 0 Å². The third kappa shape index (κ3) is 2.78. The largest absolute Gasteiger partial charge is 0.338 e. The van der Waals surface area contributed by atoms with Crippen LogP contribution in [-0.2, 0) is 7.05 Å². The van der Waals surface area contributed by atoms with E-state index in [-0.39, 0.29) is 0 Å². The first kappa shape index (κ1) is 17.0. The molecule has 0 saturated carbocycles. The Morgan fingerprint density at radius 3 is 2.79 bits per heavy atom. The molecular formula is C20H14Cl2N6. The fourth-order valence-electron chi connectivity index (χ4n) is 3.29. The molecular weight excluding hydrogens is 395 g/mol. The van der Waals surface area contributed by atoms with Crippen LogP contribution in [-0.4, -0.2) is 24.5 Å². The van der Waals surface area contributed by atoms with Gasteiger partial charge in [-0.15, -0.1) is 0 Å². The number of fused-ring (bicyclic) bond motifs is 2. The second kappa shape index (κ2) is 6.51. The van der Waals surface area contributed by atoms with Crippen LogP contribution in [0.1, 0.15) is 0 Å². The van der Waals surface area contributed by atoms with Crippen LogP contribution in [0.2, 0.25) is 10.0 Å². The van der Waals surface area contributed by atoms with Gasteiger partial charge in [0.05, 0.1) is 27.1 Å². The molecule has 0 aliphatic rings. The van der Waals surface area contributed by atoms with Crippen molar-refractivity contribution in [2.45, 2.75) is 0 Å². The van der Waals surface area contributed by atoms with Crippen LogP contribution in [0.25, 0.3) is 33.5 Å². The van der Waals surface area contributed by atoms with Gasteiger partial charge in [-0.25, -0.2) is 15.0 Å². The first-order valence-electron chi connectivity index (χ1n) is 8.57. The van der Waals surface area contributed by atoms with Crippen LogP contribution in [0.3, 0.4) is 0 Å². The number of nitrogens with zero attached hydrogens (tertiary/aromatic N) is 4. The lowest BCUT2D eigenvalue weighted by atomic mass is 10.2. The highest BCUT2D eigenvalue weighted by atomic mass is 35.5. The van der Waals surface area contributed by atoms with E-state index >= 15 is 0 Å². The lowest BCUT2D eigenvalue weighted by Gasteiger charge is -2.10. The van der Waals surface area contributed by atoms with E-state index < -0.39 is 0 Å². The number of hydrogen-bond acceptors (Lipinski definition) is 4. The molecule has 0 unspecified atom stereocenters. The summed E-state index contributed by atoms with van der Waals surface area (Å²) in [5.41, 5.74) is 4.23. The molecule has 28 heavy (non-hydrogen) atoms. The number of aromatic nitrogens is 5. The van der Waals surface area contributed by atoms with E-state index in [4.69, 9.17) is 28.2 Å². The fraction of sp³-hybridized carbons (Fsp3) is 0.0500. The Hall–Kier alpha value is -3.09. The van der Waals surface area contributed by atoms with Crippen molar-refractivity contribution in [3.05, 3.63) is 65.0 Å². The summed E-state index contributed by atoms with van der Waals surface area (Å²) in [4.78, 5) is 17.0. The molecule has 0 bridgehead atoms. The zero-order valence-corrected chi connectivity index (χ0v) is 16.3. The number of imidazole rings is 1. The molecule has 0 amide bonds. The molecule has 0 aliphatic carbocycles. The van der Waals surface area contributed by atoms with Crippen molar-refractivity contribution < 1.29 is 0 Å². The van der Waals surface area contributed by atoms with E-state index in [1.54, 1.807) is 18.2 Å². The third-order valence-electron chi connectivity index (χ3n) is 4.58. The lowest BCUT2D eigenvalue weighted by molar-refractivity contribution is 0.944. The minimum atomic E-state index is 0.553. The molecule has 0 spiro atoms. The maximum Gasteiger partial charge on any atom is 0.145 e. The first-order chi connectivity index (χ1) is 13.6. The number of aromatic amines is 1. The molecule has 0 radical (unpaired) electrons. The number of benzene rings is 2. The Morgan fingerprint density at radius 1 is 1.07 bits per heavy atom. The molecule has 0 atom stereocenters. The van der Waals surface area contributed by atoms with E-state index in [1.807, 2.05) is 42.1 Å². The zero-order valence-electron chi connectivity index (χ0n) is 14.7. The monoisotopic (exact) mass is 408 g/mol. The normalized spacial score (nSPS) is 11.4. The summed E-state index contributed by atoms with van der Waals surface area (Å²) in [6, 6.07) is 13.2. The van der Waals surface area contributed by atoms with Crippen molar-refractivity contribution in [2.24, 2.45) is 7.05 Å². The van der Waals surface area contributed by atoms with Gasteiger partial charge in [-0.05, 0) is 30.3 Å². The number of halogens is 2. The van der Waals surface area contributed by atoms with E-state index in [0.717, 1.165) is 33.5 Å². The van der Waals surface area contributed by atoms with Crippen LogP contribution >= 0.6 is 23.2 Å². The highest BCUT2D eigenvalue weighted by molar-refractivity contribution is 6.35. The van der Waals surface area contributed by atoms with Gasteiger partial charge >= 0.3 is 0 Å². The van der Waals surface area contributed by atoms with Gasteiger partial charge in [-0.2, -0.15) is 0 Å². The Kier molecular flexibility index (Phi) is 3.96. The van der Waals surface area contributed by atoms with Crippen molar-refractivity contribution in [3.8, 4) is 11.4 Å². The number of para-hydroxylation sites is 2. The van der Waals surface area contributed by atoms with Crippen molar-refractivity contribution in [1.82, 2.24) is 24.5 Å². The Morgan fingerprint density at radius 2 is 1.93 bits per heavy atom. The summed E-state index contributed by atoms with van der Waals surface area (Å²) in [6.45, 7) is 0. The second-order valence-corrected chi connectivity index (χ2v) is 7.27. The zero-order chi connectivity index (χ0) is 19.3. The molecule has 8 heteroatoms. The molecule has 2 N–H and O–H groups in total. The van der Waals surface area contributed by atoms with Gasteiger partial charge in [0, 0.05) is 23.8 Å². The molecule has 0 aliphatic heterocycles. The Labute approximate surface area is 170 Å². The van der Waals surface area contributed by atoms with Gasteiger partial charge in [-0.1, -0.05) is 35.3 Å². The highest BCUT2D eigenvalue weighted by Crippen LogP contribution is 2.35. The Bertz CT molecular complexity index is 1300. The van der Waals surface area contributed by atoms with E-state index in [0.29, 0.717) is 21.6 Å². The van der Waals surface area contributed by atoms with E-state index in [9.17, 15) is 0 Å². The van der Waals surface area contributed by atoms with Gasteiger partial charge in [-0.3, -0.25) is 0 Å². The average Bonchev–Trinajstić information content (AvgIpc) is 3.27. The Balaban J connectivity index is 1.71. The third-order valence-corrected chi connectivity index (χ3v) is 5.14. The molecule has 138 valence electrons. The highest BCUT2D eigenvalue weighted by Gasteiger charge is 2.18. The van der Waals surface area contributed by atoms with Crippen LogP contribution in [0.15, 0.2) is 55.0 Å². The minimum Gasteiger partial charge on any atom is -0.338 e. The van der Waals surface area contributed by atoms with Crippen LogP contribution < -0.4 is 5.32 Å². The van der Waals surface area contributed by atoms with Crippen molar-refractivity contribution in [1.29, 1.82) is 0 Å². The molecule has 0 fully saturated rings. The summed E-state index contributed by atoms with van der Waals surface area (Å²) < 4.78 is 1.95. The number of H-pyrrole nitrogens is 1. The maximum absolute atomic E-state index is 6.32. The summed E-state index contributed by atoms with van der Waals surface area (Å²) in [7, 11) is 1.94. The fourth-order valence-corrected chi connectivity index (χ4v) is 3.62. The molecule has 0 saturated heterocycles. The van der Waals surface area contributed by atoms with Crippen molar-refractivity contribution in [2.75, 3.05) is 5.32 Å². The number of nitrogens with one attached hydrogen (secondary N) is 2. The predicted molar refractivity (Wildman–Crippen MR) is 113 cm³/mol. The summed E-state index contributed by atoms with van der Waals surface area (Å²) in [5, 5.41) is 5.28. The smallest absolute Gasteiger partial charge is 0.145 e. The topological polar surface area (TPSA) is 71.4 Å². The molecule has 5 rings (SSSR count). The van der Waals surface area contributed by atoms with Gasteiger partial charge in [0.1, 0.15) is 23.6 Å². The first-order valence-corrected chi connectivity index (χ1v) is 9.33. The molecule has 5 aromatic rings. The number of aryl methyl sites for hydroxylation is 1. The molecule has 2 aromatic carbocycles. The van der Waals surface area contributed by atoms with Gasteiger partial charge < -0.3 is 14.9 Å². The maximum atomic E-state index is 6.32. The average molecular weight is 409 g/mol. The predicted octanol–water partition coefficient (Wildman–Crippen LogP) is 5.56. The summed E-state index contributed by atoms with van der Waals surface area (Å²) in [6.07, 6.45) is 3.51. The summed E-state index contributed by atoms with van der Waals surface area (Å²) >= 11 is 12.5. The second-order valence-electron chi connectivity index (χ2n) is 6.43. The minimum absolute atomic E-state index is 0.553. The standard InChI is InChI=1S/C20H14Cl2N6/c1-28-9-12(18-25-14-4-2-3-5-15(14)26-18)17-19(23-10-24-20(17)28)27-16-8-11(21)6-7-13(16)22/h2-10H,1H3,(H,25,26)(H,23,24,27). The van der Waals surface area contributed by atoms with E-state index in [2.05, 4.69) is 20.3 Å². The van der Waals surface area contributed by atoms with E-state index in [1.165, 1.54) is 6.33 Å². The van der Waals surface area contributed by atoms with Crippen molar-refractivity contribution >= 4 is 56.8 Å². The van der Waals surface area contributed by atoms with Crippen molar-refractivity contribution in [3.63, 3.8) is 0 Å². The van der Waals surface area contributed by atoms with Crippen LogP contribution in [0, 0.1) is 0 Å². The lowest BCUT2D eigenvalue weighted by Crippen LogP contribution is -1.97. The van der Waals surface area contributed by atoms with Crippen LogP contribution in [0.4, 0.5) is 11.5 Å². The molecule has 3 aromatic heterocycles. The number of anilines is 2. The summed E-state index contributed by atoms with van der Waals surface area (Å²) in [5.74, 6) is 1.38. The molecule has 6 nitrogen and oxygen atoms in total. The number of hydrogen-bond donors (Lipinski definition) is 2. The van der Waals surface area contributed by atoms with Crippen LogP contribution in [0.5, 0.6) is 0 Å². The molecule has 3 heterocycles. The SMILES string of the molecule is Cn1cc(-c2nc3ccccc3[nH]2)c2c(Nc3cc(Cl)ccc3Cl)ncnc21. The van der Waals surface area contributed by atoms with Gasteiger partial charge in [0.15, 0.2) is 0 Å². The number of rotatable bonds is 3. The van der Waals surface area contributed by atoms with Gasteiger partial charge in [0.25, 0.3) is 0 Å².